The Morgan fingerprint density at radius 2 is 2.00 bits per heavy atom. The maximum Gasteiger partial charge on any atom is 0.0512 e. The minimum absolute atomic E-state index is 1.16. The second-order valence-electron chi connectivity index (χ2n) is 1.63. The largest absolute Gasteiger partial charge is 0.287 e. The van der Waals surface area contributed by atoms with Crippen LogP contribution in [0.1, 0.15) is 0 Å². The first kappa shape index (κ1) is 5.56. The summed E-state index contributed by atoms with van der Waals surface area (Å²) in [5, 5.41) is 0. The van der Waals surface area contributed by atoms with Gasteiger partial charge in [-0.1, -0.05) is 34.7 Å². The van der Waals surface area contributed by atoms with Crippen LogP contribution in [0.5, 0.6) is 0 Å². The first-order chi connectivity index (χ1) is 3.43. The van der Waals surface area contributed by atoms with Gasteiger partial charge in [0.1, 0.15) is 0 Å². The maximum atomic E-state index is 2.38. The highest BCUT2D eigenvalue weighted by molar-refractivity contribution is 14.1. The SMILES string of the molecule is ICN1CC=CC1. The third-order valence-electron chi connectivity index (χ3n) is 1.06. The van der Waals surface area contributed by atoms with Crippen LogP contribution in [-0.2, 0) is 0 Å². The molecule has 0 saturated carbocycles. The van der Waals surface area contributed by atoms with Crippen molar-refractivity contribution < 1.29 is 0 Å². The van der Waals surface area contributed by atoms with Gasteiger partial charge in [-0.3, -0.25) is 4.90 Å². The van der Waals surface area contributed by atoms with Crippen molar-refractivity contribution in [3.8, 4) is 0 Å². The predicted molar refractivity (Wildman–Crippen MR) is 39.6 cm³/mol. The Bertz CT molecular complexity index is 72.1. The second-order valence-corrected chi connectivity index (χ2v) is 2.31. The molecular weight excluding hydrogens is 201 g/mol. The van der Waals surface area contributed by atoms with Gasteiger partial charge in [0.05, 0.1) is 4.55 Å². The molecule has 0 amide bonds. The topological polar surface area (TPSA) is 3.24 Å². The molecule has 0 radical (unpaired) electrons. The van der Waals surface area contributed by atoms with E-state index in [-0.39, 0.29) is 0 Å². The van der Waals surface area contributed by atoms with Crippen LogP contribution in [0.3, 0.4) is 0 Å². The molecule has 0 spiro atoms. The maximum absolute atomic E-state index is 2.38. The number of nitrogens with zero attached hydrogens (tertiary/aromatic N) is 1. The van der Waals surface area contributed by atoms with E-state index in [0.717, 1.165) is 17.6 Å². The summed E-state index contributed by atoms with van der Waals surface area (Å²) in [4.78, 5) is 2.36. The third-order valence-corrected chi connectivity index (χ3v) is 2.03. The minimum Gasteiger partial charge on any atom is -0.287 e. The molecule has 0 aromatic rings. The molecular formula is C5H8IN. The van der Waals surface area contributed by atoms with Crippen molar-refractivity contribution in [3.63, 3.8) is 0 Å². The van der Waals surface area contributed by atoms with Crippen LogP contribution in [0, 0.1) is 0 Å². The smallest absolute Gasteiger partial charge is 0.0512 e. The molecule has 40 valence electrons. The van der Waals surface area contributed by atoms with Crippen molar-refractivity contribution in [1.29, 1.82) is 0 Å². The molecule has 2 heteroatoms. The zero-order chi connectivity index (χ0) is 5.11. The lowest BCUT2D eigenvalue weighted by molar-refractivity contribution is 0.427. The standard InChI is InChI=1S/C5H8IN/c6-5-7-3-1-2-4-7/h1-2H,3-5H2. The molecule has 0 N–H and O–H groups in total. The van der Waals surface area contributed by atoms with Gasteiger partial charge < -0.3 is 0 Å². The molecule has 0 aromatic carbocycles. The Kier molecular flexibility index (Phi) is 2.12. The molecule has 7 heavy (non-hydrogen) atoms. The molecule has 0 fully saturated rings. The van der Waals surface area contributed by atoms with Crippen LogP contribution in [0.2, 0.25) is 0 Å². The van der Waals surface area contributed by atoms with E-state index in [0.29, 0.717) is 0 Å². The summed E-state index contributed by atoms with van der Waals surface area (Å²) in [5.74, 6) is 0. The quantitative estimate of drug-likeness (QED) is 0.272. The zero-order valence-electron chi connectivity index (χ0n) is 4.10. The zero-order valence-corrected chi connectivity index (χ0v) is 6.26. The van der Waals surface area contributed by atoms with Gasteiger partial charge in [-0.05, 0) is 0 Å². The summed E-state index contributed by atoms with van der Waals surface area (Å²) in [5.41, 5.74) is 0. The van der Waals surface area contributed by atoms with Gasteiger partial charge in [0.2, 0.25) is 0 Å². The highest BCUT2D eigenvalue weighted by atomic mass is 127. The molecule has 0 unspecified atom stereocenters. The lowest BCUT2D eigenvalue weighted by atomic mass is 10.6. The van der Waals surface area contributed by atoms with Gasteiger partial charge in [0, 0.05) is 13.1 Å². The fourth-order valence-corrected chi connectivity index (χ4v) is 1.18. The molecule has 1 nitrogen and oxygen atoms in total. The number of alkyl halides is 1. The van der Waals surface area contributed by atoms with E-state index in [1.165, 1.54) is 0 Å². The molecule has 0 bridgehead atoms. The van der Waals surface area contributed by atoms with E-state index < -0.39 is 0 Å². The first-order valence-electron chi connectivity index (χ1n) is 2.37. The van der Waals surface area contributed by atoms with Crippen LogP contribution in [0.4, 0.5) is 0 Å². The Morgan fingerprint density at radius 3 is 2.29 bits per heavy atom. The Balaban J connectivity index is 2.22. The predicted octanol–water partition coefficient (Wildman–Crippen LogP) is 1.25. The molecule has 0 aliphatic carbocycles. The average molecular weight is 209 g/mol. The van der Waals surface area contributed by atoms with Crippen molar-refractivity contribution in [2.45, 2.75) is 0 Å². The Morgan fingerprint density at radius 1 is 1.43 bits per heavy atom. The van der Waals surface area contributed by atoms with Crippen molar-refractivity contribution in [2.24, 2.45) is 0 Å². The van der Waals surface area contributed by atoms with Crippen LogP contribution < -0.4 is 0 Å². The molecule has 1 heterocycles. The third kappa shape index (κ3) is 1.42. The van der Waals surface area contributed by atoms with Gasteiger partial charge >= 0.3 is 0 Å². The van der Waals surface area contributed by atoms with Crippen LogP contribution in [0.25, 0.3) is 0 Å². The Labute approximate surface area is 57.5 Å². The van der Waals surface area contributed by atoms with E-state index in [9.17, 15) is 0 Å². The van der Waals surface area contributed by atoms with Gasteiger partial charge in [-0.2, -0.15) is 0 Å². The van der Waals surface area contributed by atoms with Crippen LogP contribution in [0.15, 0.2) is 12.2 Å². The molecule has 0 aromatic heterocycles. The van der Waals surface area contributed by atoms with Gasteiger partial charge in [-0.15, -0.1) is 0 Å². The highest BCUT2D eigenvalue weighted by Gasteiger charge is 2.00. The van der Waals surface area contributed by atoms with Crippen molar-refractivity contribution in [1.82, 2.24) is 4.90 Å². The van der Waals surface area contributed by atoms with E-state index in [2.05, 4.69) is 39.6 Å². The lowest BCUT2D eigenvalue weighted by Gasteiger charge is -2.07. The van der Waals surface area contributed by atoms with Crippen molar-refractivity contribution >= 4 is 22.6 Å². The van der Waals surface area contributed by atoms with E-state index >= 15 is 0 Å². The summed E-state index contributed by atoms with van der Waals surface area (Å²) in [6, 6.07) is 0. The lowest BCUT2D eigenvalue weighted by Crippen LogP contribution is -2.16. The summed E-state index contributed by atoms with van der Waals surface area (Å²) in [7, 11) is 0. The van der Waals surface area contributed by atoms with Gasteiger partial charge in [0.25, 0.3) is 0 Å². The second kappa shape index (κ2) is 2.67. The molecule has 0 atom stereocenters. The normalized spacial score (nSPS) is 21.3. The summed E-state index contributed by atoms with van der Waals surface area (Å²) in [6.45, 7) is 2.31. The van der Waals surface area contributed by atoms with E-state index in [1.807, 2.05) is 0 Å². The van der Waals surface area contributed by atoms with Crippen molar-refractivity contribution in [3.05, 3.63) is 12.2 Å². The van der Waals surface area contributed by atoms with Crippen LogP contribution in [-0.4, -0.2) is 22.5 Å². The summed E-state index contributed by atoms with van der Waals surface area (Å²) < 4.78 is 1.16. The molecule has 0 saturated heterocycles. The molecule has 1 aliphatic rings. The summed E-state index contributed by atoms with van der Waals surface area (Å²) >= 11 is 2.38. The number of hydrogen-bond acceptors (Lipinski definition) is 1. The number of hydrogen-bond donors (Lipinski definition) is 0. The van der Waals surface area contributed by atoms with Gasteiger partial charge in [-0.25, -0.2) is 0 Å². The highest BCUT2D eigenvalue weighted by Crippen LogP contribution is 1.99. The minimum atomic E-state index is 1.16. The number of rotatable bonds is 1. The Hall–Kier alpha value is 0.430. The average Bonchev–Trinajstić information content (AvgIpc) is 2.14. The number of halogens is 1. The van der Waals surface area contributed by atoms with E-state index in [1.54, 1.807) is 0 Å². The molecule has 1 aliphatic heterocycles. The fraction of sp³-hybridized carbons (Fsp3) is 0.600. The monoisotopic (exact) mass is 209 g/mol. The first-order valence-corrected chi connectivity index (χ1v) is 3.89. The van der Waals surface area contributed by atoms with Gasteiger partial charge in [0.15, 0.2) is 0 Å². The summed E-state index contributed by atoms with van der Waals surface area (Å²) in [6.07, 6.45) is 4.41. The van der Waals surface area contributed by atoms with Crippen LogP contribution >= 0.6 is 22.6 Å². The van der Waals surface area contributed by atoms with Crippen molar-refractivity contribution in [2.75, 3.05) is 17.6 Å². The fourth-order valence-electron chi connectivity index (χ4n) is 0.619. The van der Waals surface area contributed by atoms with E-state index in [4.69, 9.17) is 0 Å². The molecule has 1 rings (SSSR count).